The molecule has 0 aliphatic rings. The largest absolute Gasteiger partial charge is 0.315 e. The lowest BCUT2D eigenvalue weighted by atomic mass is 10.2. The number of hydrogen-bond donors (Lipinski definition) is 1. The van der Waals surface area contributed by atoms with Crippen molar-refractivity contribution >= 4 is 0 Å². The predicted molar refractivity (Wildman–Crippen MR) is 73.4 cm³/mol. The van der Waals surface area contributed by atoms with Crippen LogP contribution in [-0.4, -0.2) is 22.4 Å². The number of nitrogens with one attached hydrogen (secondary N) is 1. The van der Waals surface area contributed by atoms with E-state index in [1.807, 2.05) is 0 Å². The van der Waals surface area contributed by atoms with E-state index in [9.17, 15) is 0 Å². The van der Waals surface area contributed by atoms with E-state index in [0.29, 0.717) is 6.04 Å². The van der Waals surface area contributed by atoms with E-state index in [-0.39, 0.29) is 0 Å². The first-order valence-electron chi connectivity index (χ1n) is 6.96. The third kappa shape index (κ3) is 4.90. The van der Waals surface area contributed by atoms with E-state index in [2.05, 4.69) is 48.9 Å². The molecular formula is C14H27N3. The highest BCUT2D eigenvalue weighted by Gasteiger charge is 2.04. The van der Waals surface area contributed by atoms with E-state index in [1.54, 1.807) is 0 Å². The fourth-order valence-corrected chi connectivity index (χ4v) is 1.94. The lowest BCUT2D eigenvalue weighted by molar-refractivity contribution is 0.501. The fourth-order valence-electron chi connectivity index (χ4n) is 1.94. The zero-order valence-electron chi connectivity index (χ0n) is 11.8. The number of nitrogens with zero attached hydrogens (tertiary/aromatic N) is 2. The number of unbranched alkanes of at least 4 members (excludes halogenated alkanes) is 1. The smallest absolute Gasteiger partial charge is 0.0624 e. The van der Waals surface area contributed by atoms with Crippen LogP contribution in [0.5, 0.6) is 0 Å². The molecule has 3 heteroatoms. The van der Waals surface area contributed by atoms with Crippen molar-refractivity contribution in [1.29, 1.82) is 0 Å². The number of hydrogen-bond acceptors (Lipinski definition) is 2. The first-order valence-corrected chi connectivity index (χ1v) is 6.96. The SMILES string of the molecule is CCc1cc(CC)n(CCCCNC(C)C)n1. The van der Waals surface area contributed by atoms with Crippen LogP contribution in [0.4, 0.5) is 0 Å². The molecule has 0 aliphatic heterocycles. The quantitative estimate of drug-likeness (QED) is 0.705. The second-order valence-electron chi connectivity index (χ2n) is 4.87. The van der Waals surface area contributed by atoms with Crippen LogP contribution in [0.2, 0.25) is 0 Å². The van der Waals surface area contributed by atoms with Gasteiger partial charge in [0.2, 0.25) is 0 Å². The van der Waals surface area contributed by atoms with E-state index in [1.165, 1.54) is 24.2 Å². The van der Waals surface area contributed by atoms with E-state index < -0.39 is 0 Å². The molecule has 0 aliphatic carbocycles. The maximum atomic E-state index is 4.63. The van der Waals surface area contributed by atoms with Gasteiger partial charge in [0, 0.05) is 18.3 Å². The van der Waals surface area contributed by atoms with Gasteiger partial charge >= 0.3 is 0 Å². The van der Waals surface area contributed by atoms with E-state index in [0.717, 1.165) is 25.9 Å². The van der Waals surface area contributed by atoms with Gasteiger partial charge in [-0.25, -0.2) is 0 Å². The average Bonchev–Trinajstić information content (AvgIpc) is 2.70. The van der Waals surface area contributed by atoms with Gasteiger partial charge in [0.25, 0.3) is 0 Å². The van der Waals surface area contributed by atoms with Crippen LogP contribution in [0, 0.1) is 0 Å². The molecule has 0 saturated heterocycles. The van der Waals surface area contributed by atoms with Gasteiger partial charge in [-0.15, -0.1) is 0 Å². The van der Waals surface area contributed by atoms with Gasteiger partial charge in [0.1, 0.15) is 0 Å². The van der Waals surface area contributed by atoms with Crippen LogP contribution in [0.3, 0.4) is 0 Å². The van der Waals surface area contributed by atoms with E-state index in [4.69, 9.17) is 0 Å². The molecule has 1 aromatic rings. The highest BCUT2D eigenvalue weighted by molar-refractivity contribution is 5.10. The van der Waals surface area contributed by atoms with Crippen molar-refractivity contribution in [2.75, 3.05) is 6.54 Å². The Morgan fingerprint density at radius 1 is 1.24 bits per heavy atom. The molecule has 0 fully saturated rings. The van der Waals surface area contributed by atoms with Crippen LogP contribution < -0.4 is 5.32 Å². The lowest BCUT2D eigenvalue weighted by Crippen LogP contribution is -2.23. The van der Waals surface area contributed by atoms with Crippen LogP contribution in [0.15, 0.2) is 6.07 Å². The molecule has 0 radical (unpaired) electrons. The van der Waals surface area contributed by atoms with Crippen molar-refractivity contribution in [1.82, 2.24) is 15.1 Å². The number of aromatic nitrogens is 2. The molecular weight excluding hydrogens is 210 g/mol. The Morgan fingerprint density at radius 2 is 2.00 bits per heavy atom. The van der Waals surface area contributed by atoms with Gasteiger partial charge in [-0.2, -0.15) is 5.10 Å². The summed E-state index contributed by atoms with van der Waals surface area (Å²) in [6.07, 6.45) is 4.55. The van der Waals surface area contributed by atoms with Crippen molar-refractivity contribution in [3.05, 3.63) is 17.5 Å². The van der Waals surface area contributed by atoms with Crippen LogP contribution >= 0.6 is 0 Å². The minimum atomic E-state index is 0.595. The van der Waals surface area contributed by atoms with Gasteiger partial charge in [0.15, 0.2) is 0 Å². The molecule has 1 heterocycles. The molecule has 1 N–H and O–H groups in total. The van der Waals surface area contributed by atoms with Gasteiger partial charge in [-0.3, -0.25) is 4.68 Å². The summed E-state index contributed by atoms with van der Waals surface area (Å²) in [5.74, 6) is 0. The Kier molecular flexibility index (Phi) is 6.27. The Bertz CT molecular complexity index is 315. The summed E-state index contributed by atoms with van der Waals surface area (Å²) in [4.78, 5) is 0. The van der Waals surface area contributed by atoms with Crippen LogP contribution in [0.25, 0.3) is 0 Å². The lowest BCUT2D eigenvalue weighted by Gasteiger charge is -2.08. The summed E-state index contributed by atoms with van der Waals surface area (Å²) in [6.45, 7) is 10.9. The van der Waals surface area contributed by atoms with Crippen LogP contribution in [0.1, 0.15) is 51.9 Å². The second-order valence-corrected chi connectivity index (χ2v) is 4.87. The Balaban J connectivity index is 2.32. The molecule has 98 valence electrons. The molecule has 1 aromatic heterocycles. The third-order valence-corrected chi connectivity index (χ3v) is 2.99. The van der Waals surface area contributed by atoms with Crippen molar-refractivity contribution in [3.63, 3.8) is 0 Å². The van der Waals surface area contributed by atoms with Crippen molar-refractivity contribution in [3.8, 4) is 0 Å². The summed E-state index contributed by atoms with van der Waals surface area (Å²) in [6, 6.07) is 2.84. The summed E-state index contributed by atoms with van der Waals surface area (Å²) in [5.41, 5.74) is 2.60. The zero-order valence-corrected chi connectivity index (χ0v) is 11.8. The minimum Gasteiger partial charge on any atom is -0.315 e. The average molecular weight is 237 g/mol. The van der Waals surface area contributed by atoms with Crippen molar-refractivity contribution < 1.29 is 0 Å². The third-order valence-electron chi connectivity index (χ3n) is 2.99. The summed E-state index contributed by atoms with van der Waals surface area (Å²) < 4.78 is 2.19. The number of aryl methyl sites for hydroxylation is 3. The first kappa shape index (κ1) is 14.2. The molecule has 3 nitrogen and oxygen atoms in total. The van der Waals surface area contributed by atoms with E-state index >= 15 is 0 Å². The molecule has 0 unspecified atom stereocenters. The van der Waals surface area contributed by atoms with Gasteiger partial charge in [-0.1, -0.05) is 27.7 Å². The summed E-state index contributed by atoms with van der Waals surface area (Å²) in [7, 11) is 0. The second kappa shape index (κ2) is 7.49. The Morgan fingerprint density at radius 3 is 2.59 bits per heavy atom. The Labute approximate surface area is 106 Å². The van der Waals surface area contributed by atoms with Gasteiger partial charge < -0.3 is 5.32 Å². The molecule has 0 aromatic carbocycles. The van der Waals surface area contributed by atoms with Crippen molar-refractivity contribution in [2.45, 2.75) is 66.0 Å². The maximum Gasteiger partial charge on any atom is 0.0624 e. The molecule has 0 amide bonds. The normalized spacial score (nSPS) is 11.4. The summed E-state index contributed by atoms with van der Waals surface area (Å²) >= 11 is 0. The zero-order chi connectivity index (χ0) is 12.7. The molecule has 1 rings (SSSR count). The summed E-state index contributed by atoms with van der Waals surface area (Å²) in [5, 5.41) is 8.08. The molecule has 0 saturated carbocycles. The minimum absolute atomic E-state index is 0.595. The van der Waals surface area contributed by atoms with Gasteiger partial charge in [-0.05, 0) is 38.3 Å². The monoisotopic (exact) mass is 237 g/mol. The van der Waals surface area contributed by atoms with Gasteiger partial charge in [0.05, 0.1) is 5.69 Å². The highest BCUT2D eigenvalue weighted by atomic mass is 15.3. The predicted octanol–water partition coefficient (Wildman–Crippen LogP) is 2.79. The molecule has 0 bridgehead atoms. The maximum absolute atomic E-state index is 4.63. The van der Waals surface area contributed by atoms with Crippen LogP contribution in [-0.2, 0) is 19.4 Å². The standard InChI is InChI=1S/C14H27N3/c1-5-13-11-14(6-2)17(16-13)10-8-7-9-15-12(3)4/h11-12,15H,5-10H2,1-4H3. The molecule has 0 atom stereocenters. The number of rotatable bonds is 8. The van der Waals surface area contributed by atoms with Crippen molar-refractivity contribution in [2.24, 2.45) is 0 Å². The Hall–Kier alpha value is -0.830. The molecule has 0 spiro atoms. The first-order chi connectivity index (χ1) is 8.17. The topological polar surface area (TPSA) is 29.9 Å². The highest BCUT2D eigenvalue weighted by Crippen LogP contribution is 2.07. The molecule has 17 heavy (non-hydrogen) atoms. The fraction of sp³-hybridized carbons (Fsp3) is 0.786.